The third-order valence-corrected chi connectivity index (χ3v) is 3.63. The van der Waals surface area contributed by atoms with Crippen LogP contribution in [-0.2, 0) is 4.79 Å². The van der Waals surface area contributed by atoms with Crippen molar-refractivity contribution in [3.63, 3.8) is 0 Å². The highest BCUT2D eigenvalue weighted by molar-refractivity contribution is 5.83. The maximum absolute atomic E-state index is 11.6. The Kier molecular flexibility index (Phi) is 5.80. The summed E-state index contributed by atoms with van der Waals surface area (Å²) in [4.78, 5) is 26.8. The molecule has 20 heavy (non-hydrogen) atoms. The van der Waals surface area contributed by atoms with Crippen molar-refractivity contribution >= 4 is 11.9 Å². The Balaban J connectivity index is 2.21. The lowest BCUT2D eigenvalue weighted by molar-refractivity contribution is -0.120. The van der Waals surface area contributed by atoms with E-state index in [1.807, 2.05) is 0 Å². The number of likely N-dealkylation sites (tertiary alicyclic amines) is 1. The third-order valence-electron chi connectivity index (χ3n) is 3.63. The maximum Gasteiger partial charge on any atom is 0.317 e. The molecule has 1 heterocycles. The van der Waals surface area contributed by atoms with Crippen LogP contribution in [0.4, 0.5) is 4.79 Å². The highest BCUT2D eigenvalue weighted by Gasteiger charge is 2.30. The van der Waals surface area contributed by atoms with Crippen molar-refractivity contribution in [2.75, 3.05) is 40.3 Å². The van der Waals surface area contributed by atoms with E-state index in [0.717, 1.165) is 19.5 Å². The summed E-state index contributed by atoms with van der Waals surface area (Å²) in [7, 11) is 3.29. The van der Waals surface area contributed by atoms with Crippen LogP contribution in [0, 0.1) is 5.92 Å². The Labute approximate surface area is 121 Å². The average Bonchev–Trinajstić information content (AvgIpc) is 2.81. The van der Waals surface area contributed by atoms with Gasteiger partial charge in [0, 0.05) is 32.7 Å². The fraction of sp³-hybridized carbons (Fsp3) is 0.857. The van der Waals surface area contributed by atoms with E-state index < -0.39 is 0 Å². The van der Waals surface area contributed by atoms with Crippen LogP contribution in [0.2, 0.25) is 0 Å². The van der Waals surface area contributed by atoms with Crippen molar-refractivity contribution in [1.29, 1.82) is 0 Å². The number of carbonyl (C=O) groups is 2. The Morgan fingerprint density at radius 2 is 1.90 bits per heavy atom. The molecule has 1 fully saturated rings. The predicted molar refractivity (Wildman–Crippen MR) is 79.5 cm³/mol. The van der Waals surface area contributed by atoms with Gasteiger partial charge in [0.1, 0.15) is 0 Å². The van der Waals surface area contributed by atoms with Gasteiger partial charge in [0.05, 0.1) is 6.54 Å². The van der Waals surface area contributed by atoms with Crippen molar-refractivity contribution in [3.05, 3.63) is 0 Å². The van der Waals surface area contributed by atoms with Gasteiger partial charge in [-0.1, -0.05) is 0 Å². The second-order valence-corrected chi connectivity index (χ2v) is 6.63. The second-order valence-electron chi connectivity index (χ2n) is 6.63. The normalized spacial score (nSPS) is 19.8. The minimum atomic E-state index is -0.250. The van der Waals surface area contributed by atoms with Gasteiger partial charge in [0.2, 0.25) is 5.91 Å². The van der Waals surface area contributed by atoms with Crippen LogP contribution in [0.1, 0.15) is 27.2 Å². The Morgan fingerprint density at radius 3 is 2.40 bits per heavy atom. The number of rotatable bonds is 4. The van der Waals surface area contributed by atoms with Gasteiger partial charge in [-0.25, -0.2) is 4.79 Å². The molecule has 0 radical (unpaired) electrons. The van der Waals surface area contributed by atoms with E-state index in [2.05, 4.69) is 36.3 Å². The van der Waals surface area contributed by atoms with Crippen molar-refractivity contribution in [2.24, 2.45) is 5.92 Å². The number of amides is 3. The summed E-state index contributed by atoms with van der Waals surface area (Å²) in [6.45, 7) is 9.46. The zero-order valence-corrected chi connectivity index (χ0v) is 13.3. The van der Waals surface area contributed by atoms with Gasteiger partial charge >= 0.3 is 6.03 Å². The summed E-state index contributed by atoms with van der Waals surface area (Å²) < 4.78 is 0. The topological polar surface area (TPSA) is 64.7 Å². The molecule has 1 atom stereocenters. The molecule has 1 rings (SSSR count). The molecule has 0 spiro atoms. The second kappa shape index (κ2) is 6.92. The molecule has 1 aliphatic heterocycles. The lowest BCUT2D eigenvalue weighted by Gasteiger charge is -2.31. The molecule has 0 saturated carbocycles. The van der Waals surface area contributed by atoms with E-state index in [1.165, 1.54) is 4.90 Å². The summed E-state index contributed by atoms with van der Waals surface area (Å²) in [6, 6.07) is -0.250. The SMILES string of the molecule is CN(C)C(=O)NCC(=O)NC[C@@H]1CCN(C(C)(C)C)C1. The predicted octanol–water partition coefficient (Wildman–Crippen LogP) is 0.494. The molecule has 1 saturated heterocycles. The number of carbonyl (C=O) groups excluding carboxylic acids is 2. The molecule has 6 nitrogen and oxygen atoms in total. The van der Waals surface area contributed by atoms with E-state index in [-0.39, 0.29) is 24.0 Å². The lowest BCUT2D eigenvalue weighted by Crippen LogP contribution is -2.43. The minimum absolute atomic E-state index is 0.0344. The fourth-order valence-corrected chi connectivity index (χ4v) is 2.24. The lowest BCUT2D eigenvalue weighted by atomic mass is 10.1. The smallest absolute Gasteiger partial charge is 0.317 e. The Hall–Kier alpha value is -1.30. The quantitative estimate of drug-likeness (QED) is 0.790. The molecule has 116 valence electrons. The number of hydrogen-bond acceptors (Lipinski definition) is 3. The first kappa shape index (κ1) is 16.8. The number of nitrogens with one attached hydrogen (secondary N) is 2. The highest BCUT2D eigenvalue weighted by Crippen LogP contribution is 2.23. The molecule has 0 unspecified atom stereocenters. The molecule has 0 aromatic carbocycles. The van der Waals surface area contributed by atoms with E-state index in [4.69, 9.17) is 0 Å². The molecule has 1 aliphatic rings. The molecule has 0 bridgehead atoms. The molecular formula is C14H28N4O2. The van der Waals surface area contributed by atoms with Gasteiger partial charge in [-0.3, -0.25) is 9.69 Å². The summed E-state index contributed by atoms with van der Waals surface area (Å²) in [6.07, 6.45) is 1.11. The zero-order valence-electron chi connectivity index (χ0n) is 13.3. The van der Waals surface area contributed by atoms with Gasteiger partial charge < -0.3 is 15.5 Å². The van der Waals surface area contributed by atoms with Crippen LogP contribution < -0.4 is 10.6 Å². The largest absolute Gasteiger partial charge is 0.354 e. The van der Waals surface area contributed by atoms with E-state index in [9.17, 15) is 9.59 Å². The summed E-state index contributed by atoms with van der Waals surface area (Å²) in [5, 5.41) is 5.45. The molecule has 0 aromatic rings. The Bertz CT molecular complexity index is 350. The standard InChI is InChI=1S/C14H28N4O2/c1-14(2,3)18-7-6-11(10-18)8-15-12(19)9-16-13(20)17(4)5/h11H,6-10H2,1-5H3,(H,15,19)(H,16,20)/t11-/m0/s1. The van der Waals surface area contributed by atoms with Crippen LogP contribution in [0.25, 0.3) is 0 Å². The summed E-state index contributed by atoms with van der Waals surface area (Å²) in [5.74, 6) is 0.372. The van der Waals surface area contributed by atoms with Gasteiger partial charge in [0.15, 0.2) is 0 Å². The molecule has 0 aliphatic carbocycles. The van der Waals surface area contributed by atoms with Crippen molar-refractivity contribution in [3.8, 4) is 0 Å². The average molecular weight is 284 g/mol. The van der Waals surface area contributed by atoms with Crippen molar-refractivity contribution in [2.45, 2.75) is 32.7 Å². The van der Waals surface area contributed by atoms with E-state index in [0.29, 0.717) is 12.5 Å². The van der Waals surface area contributed by atoms with Crippen LogP contribution in [0.3, 0.4) is 0 Å². The zero-order chi connectivity index (χ0) is 15.3. The fourth-order valence-electron chi connectivity index (χ4n) is 2.24. The maximum atomic E-state index is 11.6. The first-order valence-electron chi connectivity index (χ1n) is 7.17. The summed E-state index contributed by atoms with van der Waals surface area (Å²) >= 11 is 0. The number of urea groups is 1. The minimum Gasteiger partial charge on any atom is -0.354 e. The van der Waals surface area contributed by atoms with Gasteiger partial charge in [-0.15, -0.1) is 0 Å². The Morgan fingerprint density at radius 1 is 1.25 bits per heavy atom. The van der Waals surface area contributed by atoms with Crippen molar-refractivity contribution < 1.29 is 9.59 Å². The van der Waals surface area contributed by atoms with Crippen LogP contribution >= 0.6 is 0 Å². The molecular weight excluding hydrogens is 256 g/mol. The van der Waals surface area contributed by atoms with Gasteiger partial charge in [-0.05, 0) is 39.7 Å². The van der Waals surface area contributed by atoms with Gasteiger partial charge in [-0.2, -0.15) is 0 Å². The van der Waals surface area contributed by atoms with E-state index >= 15 is 0 Å². The molecule has 3 amide bonds. The first-order chi connectivity index (χ1) is 9.20. The van der Waals surface area contributed by atoms with Crippen LogP contribution in [0.5, 0.6) is 0 Å². The van der Waals surface area contributed by atoms with Gasteiger partial charge in [0.25, 0.3) is 0 Å². The number of nitrogens with zero attached hydrogens (tertiary/aromatic N) is 2. The van der Waals surface area contributed by atoms with Crippen molar-refractivity contribution in [1.82, 2.24) is 20.4 Å². The van der Waals surface area contributed by atoms with Crippen LogP contribution in [0.15, 0.2) is 0 Å². The monoisotopic (exact) mass is 284 g/mol. The molecule has 2 N–H and O–H groups in total. The third kappa shape index (κ3) is 5.36. The summed E-state index contributed by atoms with van der Waals surface area (Å²) in [5.41, 5.74) is 0.193. The number of hydrogen-bond donors (Lipinski definition) is 2. The van der Waals surface area contributed by atoms with Crippen LogP contribution in [-0.4, -0.2) is 67.6 Å². The molecule has 0 aromatic heterocycles. The molecule has 6 heteroatoms. The first-order valence-corrected chi connectivity index (χ1v) is 7.17. The van der Waals surface area contributed by atoms with E-state index in [1.54, 1.807) is 14.1 Å². The highest BCUT2D eigenvalue weighted by atomic mass is 16.2.